The molecule has 0 bridgehead atoms. The monoisotopic (exact) mass is 164 g/mol. The summed E-state index contributed by atoms with van der Waals surface area (Å²) in [6.07, 6.45) is -2.71. The van der Waals surface area contributed by atoms with Gasteiger partial charge < -0.3 is 9.84 Å². The van der Waals surface area contributed by atoms with E-state index in [1.165, 1.54) is 6.92 Å². The quantitative estimate of drug-likeness (QED) is 0.621. The Balaban J connectivity index is 3.64. The lowest BCUT2D eigenvalue weighted by atomic mass is 10.2. The van der Waals surface area contributed by atoms with Gasteiger partial charge in [0.1, 0.15) is 0 Å². The number of carbonyl (C=O) groups is 1. The van der Waals surface area contributed by atoms with Gasteiger partial charge in [-0.15, -0.1) is 0 Å². The molecule has 0 spiro atoms. The van der Waals surface area contributed by atoms with Gasteiger partial charge in [0.15, 0.2) is 6.17 Å². The van der Waals surface area contributed by atoms with Crippen molar-refractivity contribution in [3.05, 3.63) is 0 Å². The summed E-state index contributed by atoms with van der Waals surface area (Å²) in [4.78, 5) is 10.6. The third-order valence-corrected chi connectivity index (χ3v) is 1.09. The molecule has 0 heterocycles. The van der Waals surface area contributed by atoms with Crippen molar-refractivity contribution < 1.29 is 19.0 Å². The van der Waals surface area contributed by atoms with Crippen LogP contribution in [0.1, 0.15) is 20.3 Å². The van der Waals surface area contributed by atoms with E-state index >= 15 is 0 Å². The highest BCUT2D eigenvalue weighted by Gasteiger charge is 2.19. The molecule has 0 aromatic rings. The second-order valence-corrected chi connectivity index (χ2v) is 2.30. The molecule has 4 heteroatoms. The zero-order valence-electron chi connectivity index (χ0n) is 6.71. The van der Waals surface area contributed by atoms with Gasteiger partial charge in [0.2, 0.25) is 0 Å². The molecule has 0 radical (unpaired) electrons. The number of ether oxygens (including phenoxy) is 1. The average molecular weight is 164 g/mol. The largest absolute Gasteiger partial charge is 0.464 e. The van der Waals surface area contributed by atoms with Crippen LogP contribution in [0.4, 0.5) is 4.39 Å². The Morgan fingerprint density at radius 3 is 2.64 bits per heavy atom. The molecule has 0 amide bonds. The molecule has 0 rings (SSSR count). The van der Waals surface area contributed by atoms with E-state index in [4.69, 9.17) is 5.11 Å². The summed E-state index contributed by atoms with van der Waals surface area (Å²) in [5.74, 6) is -0.895. The molecule has 0 saturated heterocycles. The first-order chi connectivity index (χ1) is 5.07. The first-order valence-electron chi connectivity index (χ1n) is 3.56. The van der Waals surface area contributed by atoms with Crippen LogP contribution in [-0.2, 0) is 9.53 Å². The number of halogens is 1. The van der Waals surface area contributed by atoms with Crippen LogP contribution in [0, 0.1) is 0 Å². The Morgan fingerprint density at radius 1 is 1.73 bits per heavy atom. The molecule has 1 N–H and O–H groups in total. The third-order valence-electron chi connectivity index (χ3n) is 1.09. The Labute approximate surface area is 65.2 Å². The minimum Gasteiger partial charge on any atom is -0.464 e. The SMILES string of the molecule is CCOC(=O)[C@@H](F)C[C@@H](C)O. The van der Waals surface area contributed by atoms with Gasteiger partial charge in [-0.2, -0.15) is 0 Å². The summed E-state index contributed by atoms with van der Waals surface area (Å²) in [5, 5.41) is 8.69. The molecular weight excluding hydrogens is 151 g/mol. The highest BCUT2D eigenvalue weighted by molar-refractivity contribution is 5.74. The molecule has 0 saturated carbocycles. The minimum atomic E-state index is -1.70. The van der Waals surface area contributed by atoms with Crippen molar-refractivity contribution in [2.75, 3.05) is 6.61 Å². The van der Waals surface area contributed by atoms with Gasteiger partial charge in [-0.25, -0.2) is 9.18 Å². The normalized spacial score (nSPS) is 15.6. The molecule has 3 nitrogen and oxygen atoms in total. The summed E-state index contributed by atoms with van der Waals surface area (Å²) in [6, 6.07) is 0. The van der Waals surface area contributed by atoms with E-state index in [2.05, 4.69) is 4.74 Å². The standard InChI is InChI=1S/C7H13FO3/c1-3-11-7(10)6(8)4-5(2)9/h5-6,9H,3-4H2,1-2H3/t5-,6+/m1/s1. The van der Waals surface area contributed by atoms with Crippen molar-refractivity contribution in [3.63, 3.8) is 0 Å². The van der Waals surface area contributed by atoms with Crippen LogP contribution in [-0.4, -0.2) is 30.0 Å². The predicted molar refractivity (Wildman–Crippen MR) is 37.8 cm³/mol. The average Bonchev–Trinajstić information content (AvgIpc) is 1.86. The zero-order chi connectivity index (χ0) is 8.85. The number of aliphatic hydroxyl groups is 1. The maximum absolute atomic E-state index is 12.6. The Hall–Kier alpha value is -0.640. The molecule has 0 aliphatic heterocycles. The van der Waals surface area contributed by atoms with Crippen LogP contribution in [0.25, 0.3) is 0 Å². The first-order valence-corrected chi connectivity index (χ1v) is 3.56. The Morgan fingerprint density at radius 2 is 2.27 bits per heavy atom. The van der Waals surface area contributed by atoms with Crippen LogP contribution < -0.4 is 0 Å². The molecule has 0 aromatic carbocycles. The number of aliphatic hydroxyl groups excluding tert-OH is 1. The third kappa shape index (κ3) is 4.72. The van der Waals surface area contributed by atoms with Crippen molar-refractivity contribution in [1.29, 1.82) is 0 Å². The van der Waals surface area contributed by atoms with E-state index in [9.17, 15) is 9.18 Å². The van der Waals surface area contributed by atoms with Gasteiger partial charge in [-0.1, -0.05) is 0 Å². The van der Waals surface area contributed by atoms with Crippen molar-refractivity contribution in [2.45, 2.75) is 32.5 Å². The molecular formula is C7H13FO3. The van der Waals surface area contributed by atoms with Gasteiger partial charge in [-0.05, 0) is 13.8 Å². The molecule has 0 aromatic heterocycles. The van der Waals surface area contributed by atoms with E-state index in [0.29, 0.717) is 0 Å². The maximum Gasteiger partial charge on any atom is 0.340 e. The Bertz CT molecular complexity index is 125. The van der Waals surface area contributed by atoms with Crippen molar-refractivity contribution in [3.8, 4) is 0 Å². The fourth-order valence-corrected chi connectivity index (χ4v) is 0.628. The highest BCUT2D eigenvalue weighted by atomic mass is 19.1. The molecule has 0 unspecified atom stereocenters. The number of esters is 1. The summed E-state index contributed by atoms with van der Waals surface area (Å²) < 4.78 is 17.0. The second kappa shape index (κ2) is 5.07. The second-order valence-electron chi connectivity index (χ2n) is 2.30. The maximum atomic E-state index is 12.6. The van der Waals surface area contributed by atoms with Crippen LogP contribution >= 0.6 is 0 Å². The van der Waals surface area contributed by atoms with Crippen molar-refractivity contribution in [1.82, 2.24) is 0 Å². The summed E-state index contributed by atoms with van der Waals surface area (Å²) in [7, 11) is 0. The van der Waals surface area contributed by atoms with Crippen LogP contribution in [0.5, 0.6) is 0 Å². The van der Waals surface area contributed by atoms with E-state index < -0.39 is 18.2 Å². The van der Waals surface area contributed by atoms with Gasteiger partial charge in [0.25, 0.3) is 0 Å². The molecule has 11 heavy (non-hydrogen) atoms. The lowest BCUT2D eigenvalue weighted by molar-refractivity contribution is -0.150. The van der Waals surface area contributed by atoms with E-state index in [0.717, 1.165) is 0 Å². The molecule has 0 fully saturated rings. The molecule has 0 aliphatic carbocycles. The number of carbonyl (C=O) groups excluding carboxylic acids is 1. The number of hydrogen-bond acceptors (Lipinski definition) is 3. The summed E-state index contributed by atoms with van der Waals surface area (Å²) in [6.45, 7) is 3.19. The van der Waals surface area contributed by atoms with Gasteiger partial charge in [0.05, 0.1) is 12.7 Å². The minimum absolute atomic E-state index is 0.166. The number of hydrogen-bond donors (Lipinski definition) is 1. The van der Waals surface area contributed by atoms with E-state index in [1.54, 1.807) is 6.92 Å². The Kier molecular flexibility index (Phi) is 4.77. The topological polar surface area (TPSA) is 46.5 Å². The fourth-order valence-electron chi connectivity index (χ4n) is 0.628. The molecule has 66 valence electrons. The lowest BCUT2D eigenvalue weighted by Gasteiger charge is -2.08. The zero-order valence-corrected chi connectivity index (χ0v) is 6.71. The van der Waals surface area contributed by atoms with Gasteiger partial charge in [0, 0.05) is 6.42 Å². The lowest BCUT2D eigenvalue weighted by Crippen LogP contribution is -2.22. The summed E-state index contributed by atoms with van der Waals surface area (Å²) in [5.41, 5.74) is 0. The highest BCUT2D eigenvalue weighted by Crippen LogP contribution is 2.04. The number of alkyl halides is 1. The van der Waals surface area contributed by atoms with Crippen molar-refractivity contribution in [2.24, 2.45) is 0 Å². The van der Waals surface area contributed by atoms with E-state index in [1.807, 2.05) is 0 Å². The molecule has 2 atom stereocenters. The fraction of sp³-hybridized carbons (Fsp3) is 0.857. The van der Waals surface area contributed by atoms with Crippen molar-refractivity contribution >= 4 is 5.97 Å². The summed E-state index contributed by atoms with van der Waals surface area (Å²) >= 11 is 0. The molecule has 0 aliphatic rings. The van der Waals surface area contributed by atoms with Gasteiger partial charge in [-0.3, -0.25) is 0 Å². The first kappa shape index (κ1) is 10.4. The number of rotatable bonds is 4. The van der Waals surface area contributed by atoms with Crippen LogP contribution in [0.2, 0.25) is 0 Å². The van der Waals surface area contributed by atoms with Crippen LogP contribution in [0.3, 0.4) is 0 Å². The van der Waals surface area contributed by atoms with Crippen LogP contribution in [0.15, 0.2) is 0 Å². The van der Waals surface area contributed by atoms with E-state index in [-0.39, 0.29) is 13.0 Å². The van der Waals surface area contributed by atoms with Gasteiger partial charge >= 0.3 is 5.97 Å². The smallest absolute Gasteiger partial charge is 0.340 e. The predicted octanol–water partition coefficient (Wildman–Crippen LogP) is 0.658.